The molecule has 0 aromatic heterocycles. The van der Waals surface area contributed by atoms with Crippen molar-refractivity contribution in [1.29, 1.82) is 0 Å². The summed E-state index contributed by atoms with van der Waals surface area (Å²) in [6.07, 6.45) is -2.76. The molecule has 61 heavy (non-hydrogen) atoms. The Morgan fingerprint density at radius 2 is 1.15 bits per heavy atom. The van der Waals surface area contributed by atoms with Crippen molar-refractivity contribution in [2.45, 2.75) is 55.7 Å². The minimum Gasteiger partial charge on any atom is -0.478 e. The second-order valence-electron chi connectivity index (χ2n) is 15.2. The zero-order chi connectivity index (χ0) is 43.7. The number of carboxylic acids is 1. The molecule has 1 aliphatic carbocycles. The van der Waals surface area contributed by atoms with Crippen molar-refractivity contribution in [2.24, 2.45) is 5.92 Å². The van der Waals surface area contributed by atoms with E-state index in [1.807, 2.05) is 115 Å². The predicted octanol–water partition coefficient (Wildman–Crippen LogP) is 6.69. The lowest BCUT2D eigenvalue weighted by atomic mass is 9.84. The van der Waals surface area contributed by atoms with Gasteiger partial charge in [-0.2, -0.15) is 8.42 Å². The highest BCUT2D eigenvalue weighted by Crippen LogP contribution is 2.49. The topological polar surface area (TPSA) is 177 Å². The predicted molar refractivity (Wildman–Crippen MR) is 235 cm³/mol. The van der Waals surface area contributed by atoms with E-state index in [1.54, 1.807) is 38.1 Å². The first kappa shape index (κ1) is 44.6. The first-order valence-corrected chi connectivity index (χ1v) is 22.6. The Bertz CT molecular complexity index is 2290. The number of fused-ring (bicyclic) bond motifs is 3. The second kappa shape index (κ2) is 19.6. The number of carbonyl (C=O) groups excluding carboxylic acids is 3. The van der Waals surface area contributed by atoms with Gasteiger partial charge in [-0.15, -0.1) is 11.8 Å². The lowest BCUT2D eigenvalue weighted by Crippen LogP contribution is -2.57. The Morgan fingerprint density at radius 3 is 1.59 bits per heavy atom. The molecule has 0 fully saturated rings. The molecule has 5 aromatic carbocycles. The molecular formula is C47H49N3O9S2. The van der Waals surface area contributed by atoms with Crippen LogP contribution in [0.15, 0.2) is 140 Å². The van der Waals surface area contributed by atoms with Crippen molar-refractivity contribution in [3.8, 4) is 11.1 Å². The molecule has 0 heterocycles. The smallest absolute Gasteiger partial charge is 0.408 e. The van der Waals surface area contributed by atoms with E-state index < -0.39 is 74.9 Å². The molecule has 0 radical (unpaired) electrons. The summed E-state index contributed by atoms with van der Waals surface area (Å²) in [6, 6.07) is 41.6. The fourth-order valence-corrected chi connectivity index (χ4v) is 9.94. The van der Waals surface area contributed by atoms with Crippen molar-refractivity contribution in [1.82, 2.24) is 16.0 Å². The number of thioether (sulfide) groups is 1. The van der Waals surface area contributed by atoms with Gasteiger partial charge in [-0.25, -0.2) is 9.59 Å². The van der Waals surface area contributed by atoms with Gasteiger partial charge < -0.3 is 25.8 Å². The van der Waals surface area contributed by atoms with E-state index in [9.17, 15) is 32.7 Å². The van der Waals surface area contributed by atoms with Gasteiger partial charge in [0, 0.05) is 12.3 Å². The molecule has 1 aliphatic rings. The first-order chi connectivity index (χ1) is 29.2. The molecule has 0 spiro atoms. The Labute approximate surface area is 360 Å². The summed E-state index contributed by atoms with van der Waals surface area (Å²) in [6.45, 7) is 4.70. The van der Waals surface area contributed by atoms with Crippen molar-refractivity contribution < 1.29 is 41.6 Å². The molecule has 6 rings (SSSR count). The molecule has 0 saturated carbocycles. The van der Waals surface area contributed by atoms with Crippen LogP contribution < -0.4 is 16.0 Å². The molecule has 3 amide bonds. The third-order valence-electron chi connectivity index (χ3n) is 10.4. The molecule has 4 atom stereocenters. The maximum absolute atomic E-state index is 14.3. The zero-order valence-corrected chi connectivity index (χ0v) is 35.8. The number of hydrogen-bond donors (Lipinski definition) is 4. The average molecular weight is 864 g/mol. The van der Waals surface area contributed by atoms with Crippen LogP contribution >= 0.6 is 11.8 Å². The number of rotatable bonds is 18. The third kappa shape index (κ3) is 10.5. The number of carbonyl (C=O) groups is 4. The fraction of sp³-hybridized carbons (Fsp3) is 0.277. The van der Waals surface area contributed by atoms with Crippen molar-refractivity contribution in [3.05, 3.63) is 167 Å². The van der Waals surface area contributed by atoms with Crippen LogP contribution in [0.5, 0.6) is 0 Å². The maximum atomic E-state index is 14.3. The van der Waals surface area contributed by atoms with E-state index >= 15 is 0 Å². The molecular weight excluding hydrogens is 815 g/mol. The highest BCUT2D eigenvalue weighted by atomic mass is 32.2. The molecule has 0 aliphatic heterocycles. The fourth-order valence-electron chi connectivity index (χ4n) is 7.71. The minimum atomic E-state index is -3.83. The van der Waals surface area contributed by atoms with Crippen LogP contribution in [-0.4, -0.2) is 80.2 Å². The van der Waals surface area contributed by atoms with Crippen LogP contribution in [0.25, 0.3) is 11.1 Å². The van der Waals surface area contributed by atoms with E-state index in [0.717, 1.165) is 34.1 Å². The Kier molecular flexibility index (Phi) is 14.3. The van der Waals surface area contributed by atoms with Crippen LogP contribution in [0.1, 0.15) is 54.5 Å². The Balaban J connectivity index is 1.28. The van der Waals surface area contributed by atoms with Gasteiger partial charge in [-0.3, -0.25) is 13.8 Å². The summed E-state index contributed by atoms with van der Waals surface area (Å²) in [4.78, 5) is 54.9. The molecule has 318 valence electrons. The summed E-state index contributed by atoms with van der Waals surface area (Å²) in [5.41, 5.74) is 5.83. The quantitative estimate of drug-likeness (QED) is 0.0548. The monoisotopic (exact) mass is 863 g/mol. The van der Waals surface area contributed by atoms with Crippen molar-refractivity contribution >= 4 is 45.8 Å². The number of aliphatic carboxylic acids is 1. The van der Waals surface area contributed by atoms with Gasteiger partial charge in [0.1, 0.15) is 12.1 Å². The second-order valence-corrected chi connectivity index (χ2v) is 18.0. The highest BCUT2D eigenvalue weighted by molar-refractivity contribution is 8.00. The van der Waals surface area contributed by atoms with Gasteiger partial charge in [0.15, 0.2) is 0 Å². The molecule has 14 heteroatoms. The molecule has 4 unspecified atom stereocenters. The number of hydrogen-bond acceptors (Lipinski definition) is 9. The normalized spacial score (nSPS) is 14.4. The van der Waals surface area contributed by atoms with Crippen LogP contribution in [0.2, 0.25) is 0 Å². The van der Waals surface area contributed by atoms with Gasteiger partial charge >= 0.3 is 12.1 Å². The van der Waals surface area contributed by atoms with Crippen LogP contribution in [0.4, 0.5) is 4.79 Å². The Morgan fingerprint density at radius 1 is 0.689 bits per heavy atom. The lowest BCUT2D eigenvalue weighted by molar-refractivity contribution is -0.147. The number of nitrogens with one attached hydrogen (secondary N) is 3. The van der Waals surface area contributed by atoms with Crippen LogP contribution in [0, 0.1) is 5.92 Å². The molecule has 12 nitrogen and oxygen atoms in total. The number of amides is 3. The minimum absolute atomic E-state index is 0.00835. The number of carboxylic acid groups (broad SMARTS) is 1. The Hall–Kier alpha value is -5.96. The van der Waals surface area contributed by atoms with Crippen molar-refractivity contribution in [3.63, 3.8) is 0 Å². The van der Waals surface area contributed by atoms with Gasteiger partial charge in [0.05, 0.1) is 23.0 Å². The van der Waals surface area contributed by atoms with Gasteiger partial charge in [0.25, 0.3) is 10.1 Å². The first-order valence-electron chi connectivity index (χ1n) is 19.8. The van der Waals surface area contributed by atoms with E-state index in [4.69, 9.17) is 8.92 Å². The standard InChI is InChI=1S/C47H49N3O9S2/c1-30(2)41(50-46(55)58-42(45(53)54)40-37-26-16-14-24-35(37)36-25-15-17-27-38(36)40)44(52)49-39(43(51)48-28-31(3)59-61(4,56)57)29-60-47(32-18-8-5-9-19-32,33-20-10-6-11-21-33)34-22-12-7-13-23-34/h5-27,30-31,39-42H,28-29H2,1-4H3,(H,48,51)(H,49,52)(H,50,55)(H,53,54). The number of alkyl carbamates (subject to hydrolysis) is 1. The van der Waals surface area contributed by atoms with E-state index in [-0.39, 0.29) is 12.3 Å². The van der Waals surface area contributed by atoms with Gasteiger partial charge in [-0.1, -0.05) is 153 Å². The number of ether oxygens (including phenoxy) is 1. The van der Waals surface area contributed by atoms with Crippen molar-refractivity contribution in [2.75, 3.05) is 18.6 Å². The van der Waals surface area contributed by atoms with Crippen LogP contribution in [-0.2, 0) is 38.2 Å². The summed E-state index contributed by atoms with van der Waals surface area (Å²) in [5.74, 6) is -4.04. The number of benzene rings is 5. The van der Waals surface area contributed by atoms with E-state index in [2.05, 4.69) is 16.0 Å². The molecule has 5 aromatic rings. The van der Waals surface area contributed by atoms with E-state index in [1.165, 1.54) is 18.7 Å². The van der Waals surface area contributed by atoms with Crippen LogP contribution in [0.3, 0.4) is 0 Å². The molecule has 0 bridgehead atoms. The summed E-state index contributed by atoms with van der Waals surface area (Å²) in [5, 5.41) is 18.6. The maximum Gasteiger partial charge on any atom is 0.408 e. The highest BCUT2D eigenvalue weighted by Gasteiger charge is 2.42. The summed E-state index contributed by atoms with van der Waals surface area (Å²) in [7, 11) is -3.83. The lowest BCUT2D eigenvalue weighted by Gasteiger charge is -2.36. The zero-order valence-electron chi connectivity index (χ0n) is 34.2. The van der Waals surface area contributed by atoms with E-state index in [0.29, 0.717) is 11.1 Å². The molecule has 4 N–H and O–H groups in total. The third-order valence-corrected chi connectivity index (χ3v) is 12.7. The SMILES string of the molecule is CC(CNC(=O)C(CSC(c1ccccc1)(c1ccccc1)c1ccccc1)NC(=O)C(NC(=O)OC(C(=O)O)C1c2ccccc2-c2ccccc21)C(C)C)OS(C)(=O)=O. The summed E-state index contributed by atoms with van der Waals surface area (Å²) < 4.78 is 33.5. The largest absolute Gasteiger partial charge is 0.478 e. The average Bonchev–Trinajstić information content (AvgIpc) is 3.58. The van der Waals surface area contributed by atoms with Gasteiger partial charge in [0.2, 0.25) is 17.9 Å². The molecule has 0 saturated heterocycles. The summed E-state index contributed by atoms with van der Waals surface area (Å²) >= 11 is 1.42. The van der Waals surface area contributed by atoms with Gasteiger partial charge in [-0.05, 0) is 51.8 Å².